The van der Waals surface area contributed by atoms with Crippen LogP contribution in [0.25, 0.3) is 6.08 Å². The van der Waals surface area contributed by atoms with E-state index in [4.69, 9.17) is 17.0 Å². The molecule has 1 aliphatic heterocycles. The Labute approximate surface area is 161 Å². The fourth-order valence-electron chi connectivity index (χ4n) is 2.01. The maximum absolute atomic E-state index is 12.5. The summed E-state index contributed by atoms with van der Waals surface area (Å²) in [5.41, 5.74) is 0.722. The molecule has 0 spiro atoms. The normalized spacial score (nSPS) is 16.6. The highest BCUT2D eigenvalue weighted by Crippen LogP contribution is 2.32. The van der Waals surface area contributed by atoms with Crippen LogP contribution in [-0.4, -0.2) is 35.5 Å². The van der Waals surface area contributed by atoms with E-state index in [-0.39, 0.29) is 17.2 Å². The van der Waals surface area contributed by atoms with Crippen molar-refractivity contribution in [2.45, 2.75) is 0 Å². The van der Waals surface area contributed by atoms with Crippen LogP contribution in [0.3, 0.4) is 0 Å². The number of thiocarbonyl (C=S) groups is 1. The van der Waals surface area contributed by atoms with E-state index >= 15 is 0 Å². The highest BCUT2D eigenvalue weighted by Gasteiger charge is 2.32. The van der Waals surface area contributed by atoms with Gasteiger partial charge in [0, 0.05) is 6.54 Å². The standard InChI is InChI=1S/C15H12BrIN2O3S/c1-3-4-19-14(21)9(13(20)18-15(19)23)5-8-6-10(16)12(22-2)11(17)7-8/h3,5-7H,1,4H2,2H3,(H,18,20,23)/b9-5+. The first-order chi connectivity index (χ1) is 10.9. The molecule has 23 heavy (non-hydrogen) atoms. The number of benzene rings is 1. The van der Waals surface area contributed by atoms with Crippen LogP contribution in [0.2, 0.25) is 0 Å². The second-order valence-corrected chi connectivity index (χ2v) is 6.94. The Hall–Kier alpha value is -1.26. The Morgan fingerprint density at radius 1 is 1.48 bits per heavy atom. The molecule has 1 fully saturated rings. The Kier molecular flexibility index (Phi) is 5.93. The number of ether oxygens (including phenoxy) is 1. The SMILES string of the molecule is C=CCN1C(=O)/C(=C/c2cc(Br)c(OC)c(I)c2)C(=O)NC1=S. The summed E-state index contributed by atoms with van der Waals surface area (Å²) < 4.78 is 6.86. The van der Waals surface area contributed by atoms with Crippen molar-refractivity contribution in [2.24, 2.45) is 0 Å². The summed E-state index contributed by atoms with van der Waals surface area (Å²) in [7, 11) is 1.58. The number of amides is 2. The Balaban J connectivity index is 2.45. The third kappa shape index (κ3) is 3.81. The summed E-state index contributed by atoms with van der Waals surface area (Å²) in [6.07, 6.45) is 3.08. The van der Waals surface area contributed by atoms with E-state index in [9.17, 15) is 9.59 Å². The van der Waals surface area contributed by atoms with Gasteiger partial charge in [0.1, 0.15) is 11.3 Å². The van der Waals surface area contributed by atoms with Gasteiger partial charge in [0.2, 0.25) is 0 Å². The Morgan fingerprint density at radius 3 is 2.74 bits per heavy atom. The van der Waals surface area contributed by atoms with Gasteiger partial charge in [-0.15, -0.1) is 6.58 Å². The summed E-state index contributed by atoms with van der Waals surface area (Å²) >= 11 is 10.5. The number of hydrogen-bond donors (Lipinski definition) is 1. The molecule has 0 bridgehead atoms. The number of nitrogens with one attached hydrogen (secondary N) is 1. The zero-order chi connectivity index (χ0) is 17.1. The number of methoxy groups -OCH3 is 1. The number of nitrogens with zero attached hydrogens (tertiary/aromatic N) is 1. The van der Waals surface area contributed by atoms with Crippen LogP contribution in [0, 0.1) is 3.57 Å². The molecule has 2 amide bonds. The summed E-state index contributed by atoms with van der Waals surface area (Å²) in [6.45, 7) is 3.82. The van der Waals surface area contributed by atoms with Gasteiger partial charge < -0.3 is 4.74 Å². The Bertz CT molecular complexity index is 725. The first-order valence-corrected chi connectivity index (χ1v) is 8.69. The number of carbonyl (C=O) groups is 2. The second kappa shape index (κ2) is 7.54. The van der Waals surface area contributed by atoms with Crippen LogP contribution >= 0.6 is 50.7 Å². The van der Waals surface area contributed by atoms with Gasteiger partial charge >= 0.3 is 0 Å². The van der Waals surface area contributed by atoms with E-state index < -0.39 is 11.8 Å². The van der Waals surface area contributed by atoms with Crippen molar-refractivity contribution in [3.63, 3.8) is 0 Å². The van der Waals surface area contributed by atoms with E-state index in [2.05, 4.69) is 50.4 Å². The van der Waals surface area contributed by atoms with Crippen molar-refractivity contribution in [3.8, 4) is 5.75 Å². The molecule has 0 aliphatic carbocycles. The van der Waals surface area contributed by atoms with Crippen LogP contribution in [0.4, 0.5) is 0 Å². The molecule has 0 unspecified atom stereocenters. The van der Waals surface area contributed by atoms with Crippen LogP contribution < -0.4 is 10.1 Å². The van der Waals surface area contributed by atoms with E-state index in [0.29, 0.717) is 11.3 Å². The molecule has 5 nitrogen and oxygen atoms in total. The van der Waals surface area contributed by atoms with Crippen molar-refractivity contribution in [1.82, 2.24) is 10.2 Å². The maximum Gasteiger partial charge on any atom is 0.265 e. The van der Waals surface area contributed by atoms with Gasteiger partial charge in [0.25, 0.3) is 11.8 Å². The largest absolute Gasteiger partial charge is 0.494 e. The molecule has 2 rings (SSSR count). The van der Waals surface area contributed by atoms with Gasteiger partial charge in [-0.1, -0.05) is 6.08 Å². The van der Waals surface area contributed by atoms with Crippen molar-refractivity contribution < 1.29 is 14.3 Å². The van der Waals surface area contributed by atoms with Crippen LogP contribution in [0.1, 0.15) is 5.56 Å². The third-order valence-corrected chi connectivity index (χ3v) is 4.75. The predicted molar refractivity (Wildman–Crippen MR) is 104 cm³/mol. The fraction of sp³-hybridized carbons (Fsp3) is 0.133. The highest BCUT2D eigenvalue weighted by molar-refractivity contribution is 14.1. The minimum Gasteiger partial charge on any atom is -0.494 e. The molecule has 1 heterocycles. The van der Waals surface area contributed by atoms with Crippen molar-refractivity contribution in [1.29, 1.82) is 0 Å². The van der Waals surface area contributed by atoms with E-state index in [1.54, 1.807) is 19.3 Å². The van der Waals surface area contributed by atoms with Crippen LogP contribution in [-0.2, 0) is 9.59 Å². The van der Waals surface area contributed by atoms with Crippen molar-refractivity contribution in [2.75, 3.05) is 13.7 Å². The zero-order valence-electron chi connectivity index (χ0n) is 12.1. The third-order valence-electron chi connectivity index (χ3n) is 3.03. The summed E-state index contributed by atoms with van der Waals surface area (Å²) in [6, 6.07) is 3.60. The highest BCUT2D eigenvalue weighted by atomic mass is 127. The predicted octanol–water partition coefficient (Wildman–Crippen LogP) is 2.88. The van der Waals surface area contributed by atoms with Crippen LogP contribution in [0.15, 0.2) is 34.8 Å². The van der Waals surface area contributed by atoms with Gasteiger partial charge in [-0.2, -0.15) is 0 Å². The topological polar surface area (TPSA) is 58.6 Å². The molecule has 1 N–H and O–H groups in total. The molecule has 0 aromatic heterocycles. The first kappa shape index (κ1) is 18.1. The fourth-order valence-corrected chi connectivity index (χ4v) is 4.14. The van der Waals surface area contributed by atoms with Gasteiger partial charge in [0.05, 0.1) is 15.2 Å². The molecule has 120 valence electrons. The minimum absolute atomic E-state index is 0.0216. The molecule has 8 heteroatoms. The number of hydrogen-bond acceptors (Lipinski definition) is 4. The van der Waals surface area contributed by atoms with Crippen LogP contribution in [0.5, 0.6) is 5.75 Å². The molecular formula is C15H12BrIN2O3S. The lowest BCUT2D eigenvalue weighted by molar-refractivity contribution is -0.128. The quantitative estimate of drug-likeness (QED) is 0.224. The van der Waals surface area contributed by atoms with Gasteiger partial charge in [0.15, 0.2) is 5.11 Å². The zero-order valence-corrected chi connectivity index (χ0v) is 16.6. The lowest BCUT2D eigenvalue weighted by atomic mass is 10.1. The Morgan fingerprint density at radius 2 is 2.17 bits per heavy atom. The number of halogens is 2. The average Bonchev–Trinajstić information content (AvgIpc) is 2.47. The molecule has 0 radical (unpaired) electrons. The van der Waals surface area contributed by atoms with E-state index in [1.165, 1.54) is 11.0 Å². The molecule has 1 saturated heterocycles. The summed E-state index contributed by atoms with van der Waals surface area (Å²) in [4.78, 5) is 25.8. The summed E-state index contributed by atoms with van der Waals surface area (Å²) in [5, 5.41) is 2.60. The van der Waals surface area contributed by atoms with Gasteiger partial charge in [-0.25, -0.2) is 0 Å². The van der Waals surface area contributed by atoms with Gasteiger partial charge in [-0.05, 0) is 74.5 Å². The lowest BCUT2D eigenvalue weighted by Gasteiger charge is -2.27. The molecule has 0 saturated carbocycles. The molecule has 1 aromatic carbocycles. The smallest absolute Gasteiger partial charge is 0.265 e. The lowest BCUT2D eigenvalue weighted by Crippen LogP contribution is -2.53. The second-order valence-electron chi connectivity index (χ2n) is 4.54. The maximum atomic E-state index is 12.5. The molecule has 1 aromatic rings. The monoisotopic (exact) mass is 506 g/mol. The van der Waals surface area contributed by atoms with Gasteiger partial charge in [-0.3, -0.25) is 19.8 Å². The molecule has 1 aliphatic rings. The summed E-state index contributed by atoms with van der Waals surface area (Å²) in [5.74, 6) is -0.260. The van der Waals surface area contributed by atoms with Crippen molar-refractivity contribution >= 4 is 73.7 Å². The number of rotatable bonds is 4. The number of carbonyl (C=O) groups excluding carboxylic acids is 2. The molecule has 0 atom stereocenters. The van der Waals surface area contributed by atoms with E-state index in [1.807, 2.05) is 6.07 Å². The first-order valence-electron chi connectivity index (χ1n) is 6.41. The average molecular weight is 507 g/mol. The van der Waals surface area contributed by atoms with Crippen molar-refractivity contribution in [3.05, 3.63) is 44.0 Å². The minimum atomic E-state index is -0.512. The van der Waals surface area contributed by atoms with E-state index in [0.717, 1.165) is 8.04 Å². The molecular weight excluding hydrogens is 495 g/mol.